The topological polar surface area (TPSA) is 371 Å². The molecule has 20 nitrogen and oxygen atoms in total. The number of ether oxygens (including phenoxy) is 2. The predicted molar refractivity (Wildman–Crippen MR) is 121 cm³/mol. The highest BCUT2D eigenvalue weighted by atomic mass is 16.7. The summed E-state index contributed by atoms with van der Waals surface area (Å²) < 4.78 is 9.58. The van der Waals surface area contributed by atoms with Crippen LogP contribution in [-0.4, -0.2) is 177 Å². The molecule has 2 fully saturated rings. The number of hydrogen-bond acceptors (Lipinski definition) is 17. The molecule has 2 aliphatic rings. The van der Waals surface area contributed by atoms with Crippen LogP contribution in [0.15, 0.2) is 0 Å². The third-order valence-corrected chi connectivity index (χ3v) is 6.20. The van der Waals surface area contributed by atoms with Crippen LogP contribution in [0, 0.1) is 0 Å². The number of aliphatic carboxylic acids is 2. The molecule has 1 amide bonds. The lowest BCUT2D eigenvalue weighted by Gasteiger charge is -2.44. The smallest absolute Gasteiger partial charge is 0.364 e. The number of aliphatic hydroxyl groups is 11. The van der Waals surface area contributed by atoms with Crippen molar-refractivity contribution >= 4 is 17.8 Å². The average Bonchev–Trinajstić information content (AvgIpc) is 2.90. The maximum atomic E-state index is 11.2. The van der Waals surface area contributed by atoms with Crippen molar-refractivity contribution in [3.63, 3.8) is 0 Å². The summed E-state index contributed by atoms with van der Waals surface area (Å²) in [5, 5.41) is 123. The van der Waals surface area contributed by atoms with Gasteiger partial charge in [0.05, 0.1) is 37.5 Å². The molecule has 2 aliphatic heterocycles. The summed E-state index contributed by atoms with van der Waals surface area (Å²) >= 11 is 0. The molecule has 20 heteroatoms. The van der Waals surface area contributed by atoms with Crippen molar-refractivity contribution in [3.8, 4) is 0 Å². The number of carboxylic acids is 2. The Labute approximate surface area is 225 Å². The van der Waals surface area contributed by atoms with Crippen molar-refractivity contribution in [1.82, 2.24) is 5.32 Å². The first-order valence-electron chi connectivity index (χ1n) is 11.6. The Hall–Kier alpha value is -2.15. The molecule has 0 aromatic carbocycles. The van der Waals surface area contributed by atoms with Crippen LogP contribution >= 0.6 is 0 Å². The highest BCUT2D eigenvalue weighted by Crippen LogP contribution is 2.31. The minimum absolute atomic E-state index is 0.665. The fraction of sp³-hybridized carbons (Fsp3) is 0.850. The van der Waals surface area contributed by atoms with Gasteiger partial charge in [0.25, 0.3) is 11.6 Å². The summed E-state index contributed by atoms with van der Waals surface area (Å²) in [5.74, 6) is -10.1. The predicted octanol–water partition coefficient (Wildman–Crippen LogP) is -8.95. The maximum absolute atomic E-state index is 11.2. The number of carbonyl (C=O) groups excluding carboxylic acids is 1. The van der Waals surface area contributed by atoms with E-state index in [1.165, 1.54) is 0 Å². The van der Waals surface area contributed by atoms with Crippen LogP contribution in [0.25, 0.3) is 0 Å². The van der Waals surface area contributed by atoms with Crippen molar-refractivity contribution in [2.45, 2.75) is 85.3 Å². The second-order valence-electron chi connectivity index (χ2n) is 9.20. The monoisotopic (exact) mass is 592 g/mol. The van der Waals surface area contributed by atoms with E-state index in [0.717, 1.165) is 0 Å². The summed E-state index contributed by atoms with van der Waals surface area (Å²) in [7, 11) is 0. The van der Waals surface area contributed by atoms with Gasteiger partial charge in [0.1, 0.15) is 43.2 Å². The van der Waals surface area contributed by atoms with E-state index in [1.54, 1.807) is 0 Å². The van der Waals surface area contributed by atoms with Crippen molar-refractivity contribution in [3.05, 3.63) is 0 Å². The van der Waals surface area contributed by atoms with Crippen LogP contribution in [0.5, 0.6) is 0 Å². The Morgan fingerprint density at radius 2 is 1.20 bits per heavy atom. The van der Waals surface area contributed by atoms with Gasteiger partial charge in [0.15, 0.2) is 0 Å². The van der Waals surface area contributed by atoms with Gasteiger partial charge in [-0.3, -0.25) is 4.79 Å². The molecule has 2 saturated heterocycles. The number of hydrogen-bond donors (Lipinski definition) is 15. The van der Waals surface area contributed by atoms with Gasteiger partial charge in [-0.05, 0) is 0 Å². The van der Waals surface area contributed by atoms with Crippen LogP contribution < -0.4 is 11.1 Å². The lowest BCUT2D eigenvalue weighted by atomic mass is 9.88. The van der Waals surface area contributed by atoms with E-state index in [0.29, 0.717) is 0 Å². The van der Waals surface area contributed by atoms with Gasteiger partial charge in [0.2, 0.25) is 5.91 Å². The third kappa shape index (κ3) is 8.43. The first kappa shape index (κ1) is 35.9. The van der Waals surface area contributed by atoms with Gasteiger partial charge in [-0.1, -0.05) is 0 Å². The van der Waals surface area contributed by atoms with Crippen molar-refractivity contribution in [1.29, 1.82) is 0 Å². The van der Waals surface area contributed by atoms with E-state index >= 15 is 0 Å². The van der Waals surface area contributed by atoms with Crippen molar-refractivity contribution in [2.75, 3.05) is 19.8 Å². The minimum Gasteiger partial charge on any atom is -0.477 e. The second-order valence-corrected chi connectivity index (χ2v) is 9.20. The standard InChI is InChI=1S/C11H19NO10.C9H17NO8/c13-2-5(16)8(18)9-7(12-6(17)3-14)4(15)1-11(21,22-9)10(19)20;10-5-3(12)1-9(17,8(15)16)18-7(5)6(14)4(13)2-11/h4-5,7-9,13-16,18,21H,1-3H2,(H,12,17)(H,19,20);3-7,11-14,17H,1-2,10H2,(H,15,16)/t4-,5+,7+,8+,9+,11?;3-,4+,5+,6+,7+,9?/m00/s1. The fourth-order valence-corrected chi connectivity index (χ4v) is 3.88. The van der Waals surface area contributed by atoms with Crippen LogP contribution in [0.4, 0.5) is 0 Å². The Bertz CT molecular complexity index is 865. The molecule has 0 spiro atoms. The highest BCUT2D eigenvalue weighted by Gasteiger charge is 2.54. The first-order chi connectivity index (χ1) is 18.4. The number of nitrogens with one attached hydrogen (secondary N) is 1. The zero-order valence-corrected chi connectivity index (χ0v) is 20.7. The highest BCUT2D eigenvalue weighted by molar-refractivity contribution is 5.78. The Kier molecular flexibility index (Phi) is 13.1. The molecular formula is C20H36N2O18. The lowest BCUT2D eigenvalue weighted by Crippen LogP contribution is -2.67. The molecule has 0 saturated carbocycles. The lowest BCUT2D eigenvalue weighted by molar-refractivity contribution is -0.295. The normalized spacial score (nSPS) is 37.2. The molecule has 2 rings (SSSR count). The third-order valence-electron chi connectivity index (χ3n) is 6.20. The zero-order valence-electron chi connectivity index (χ0n) is 20.7. The van der Waals surface area contributed by atoms with Crippen LogP contribution in [-0.2, 0) is 23.9 Å². The van der Waals surface area contributed by atoms with Crippen molar-refractivity contribution in [2.24, 2.45) is 5.73 Å². The van der Waals surface area contributed by atoms with Gasteiger partial charge in [-0.2, -0.15) is 0 Å². The van der Waals surface area contributed by atoms with Gasteiger partial charge in [-0.25, -0.2) is 9.59 Å². The Morgan fingerprint density at radius 1 is 0.800 bits per heavy atom. The molecule has 0 aromatic rings. The number of rotatable bonds is 10. The number of carbonyl (C=O) groups is 3. The number of nitrogens with two attached hydrogens (primary N) is 1. The van der Waals surface area contributed by atoms with Crippen molar-refractivity contribution < 1.29 is 90.2 Å². The van der Waals surface area contributed by atoms with Gasteiger partial charge < -0.3 is 86.9 Å². The van der Waals surface area contributed by atoms with E-state index in [4.69, 9.17) is 40.7 Å². The van der Waals surface area contributed by atoms with E-state index in [-0.39, 0.29) is 0 Å². The molecule has 12 atom stereocenters. The molecule has 0 aliphatic carbocycles. The SMILES string of the molecule is N[C@H]1[C@H]([C@H](O)[C@H](O)CO)OC(O)(C(=O)O)C[C@@H]1O.O=C(CO)N[C@H]1[C@H]([C@H](O)[C@H](O)CO)OC(O)(C(=O)O)C[C@@H]1O. The average molecular weight is 593 g/mol. The summed E-state index contributed by atoms with van der Waals surface area (Å²) in [6.45, 7) is -2.67. The molecule has 2 heterocycles. The molecule has 16 N–H and O–H groups in total. The zero-order chi connectivity index (χ0) is 31.2. The van der Waals surface area contributed by atoms with Crippen LogP contribution in [0.2, 0.25) is 0 Å². The largest absolute Gasteiger partial charge is 0.477 e. The van der Waals surface area contributed by atoms with E-state index in [9.17, 15) is 55.2 Å². The minimum atomic E-state index is -2.85. The first-order valence-corrected chi connectivity index (χ1v) is 11.6. The molecule has 2 unspecified atom stereocenters. The summed E-state index contributed by atoms with van der Waals surface area (Å²) in [5.41, 5.74) is 5.51. The van der Waals surface area contributed by atoms with E-state index in [2.05, 4.69) is 5.32 Å². The van der Waals surface area contributed by atoms with Gasteiger partial charge >= 0.3 is 11.9 Å². The fourth-order valence-electron chi connectivity index (χ4n) is 3.88. The molecule has 0 radical (unpaired) electrons. The molecule has 40 heavy (non-hydrogen) atoms. The van der Waals surface area contributed by atoms with Gasteiger partial charge in [0, 0.05) is 12.8 Å². The molecular weight excluding hydrogens is 556 g/mol. The molecule has 234 valence electrons. The number of aliphatic hydroxyl groups excluding tert-OH is 9. The Morgan fingerprint density at radius 3 is 1.60 bits per heavy atom. The van der Waals surface area contributed by atoms with E-state index in [1.807, 2.05) is 0 Å². The quantitative estimate of drug-likeness (QED) is 0.112. The van der Waals surface area contributed by atoms with Gasteiger partial charge in [-0.15, -0.1) is 0 Å². The summed E-state index contributed by atoms with van der Waals surface area (Å²) in [6, 6.07) is -2.63. The summed E-state index contributed by atoms with van der Waals surface area (Å²) in [6.07, 6.45) is -14.9. The number of carboxylic acid groups (broad SMARTS) is 2. The summed E-state index contributed by atoms with van der Waals surface area (Å²) in [4.78, 5) is 33.1. The molecule has 0 bridgehead atoms. The van der Waals surface area contributed by atoms with Crippen LogP contribution in [0.1, 0.15) is 12.8 Å². The number of amides is 1. The molecule has 0 aromatic heterocycles. The maximum Gasteiger partial charge on any atom is 0.364 e. The van der Waals surface area contributed by atoms with E-state index < -0.39 is 123 Å². The van der Waals surface area contributed by atoms with Crippen LogP contribution in [0.3, 0.4) is 0 Å². The Balaban J connectivity index is 0.000000408. The second kappa shape index (κ2) is 14.7.